The second-order valence-electron chi connectivity index (χ2n) is 3.88. The zero-order valence-electron chi connectivity index (χ0n) is 9.92. The molecule has 1 atom stereocenters. The number of nitrogens with one attached hydrogen (secondary N) is 1. The van der Waals surface area contributed by atoms with E-state index in [2.05, 4.69) is 10.1 Å². The Bertz CT molecular complexity index is 447. The molecule has 1 unspecified atom stereocenters. The van der Waals surface area contributed by atoms with Gasteiger partial charge < -0.3 is 15.8 Å². The van der Waals surface area contributed by atoms with Crippen molar-refractivity contribution in [2.75, 3.05) is 5.32 Å². The maximum absolute atomic E-state index is 12.1. The number of carbonyl (C=O) groups excluding carboxylic acids is 1. The first-order valence-corrected chi connectivity index (χ1v) is 6.04. The zero-order valence-corrected chi connectivity index (χ0v) is 11.4. The predicted molar refractivity (Wildman–Crippen MR) is 70.0 cm³/mol. The van der Waals surface area contributed by atoms with Crippen LogP contribution < -0.4 is 15.8 Å². The molecule has 0 fully saturated rings. The average Bonchev–Trinajstić information content (AvgIpc) is 2.21. The highest BCUT2D eigenvalue weighted by Gasteiger charge is 2.15. The minimum atomic E-state index is -3.03. The normalized spacial score (nSPS) is 12.4. The monoisotopic (exact) mass is 312 g/mol. The number of ether oxygens (including phenoxy) is 1. The second kappa shape index (κ2) is 6.88. The summed E-state index contributed by atoms with van der Waals surface area (Å²) in [4.78, 5) is 11.5. The summed E-state index contributed by atoms with van der Waals surface area (Å²) in [5, 5.41) is 2.26. The number of hydrogen-bond donors (Lipinski definition) is 2. The molecule has 1 rings (SSSR count). The summed E-state index contributed by atoms with van der Waals surface area (Å²) in [6.07, 6.45) is 0.116. The molecule has 1 aromatic rings. The van der Waals surface area contributed by atoms with Gasteiger partial charge in [-0.3, -0.25) is 4.79 Å². The summed E-state index contributed by atoms with van der Waals surface area (Å²) in [6.45, 7) is -1.35. The van der Waals surface area contributed by atoms with Crippen LogP contribution in [0.15, 0.2) is 12.1 Å². The van der Waals surface area contributed by atoms with Gasteiger partial charge in [0.15, 0.2) is 5.75 Å². The van der Waals surface area contributed by atoms with E-state index in [4.69, 9.17) is 28.9 Å². The first-order chi connectivity index (χ1) is 8.79. The summed E-state index contributed by atoms with van der Waals surface area (Å²) >= 11 is 11.5. The summed E-state index contributed by atoms with van der Waals surface area (Å²) in [5.41, 5.74) is 5.75. The Morgan fingerprint density at radius 3 is 2.37 bits per heavy atom. The molecule has 0 aliphatic carbocycles. The predicted octanol–water partition coefficient (Wildman–Crippen LogP) is 3.27. The van der Waals surface area contributed by atoms with Crippen LogP contribution in [0.5, 0.6) is 5.75 Å². The molecular weight excluding hydrogens is 301 g/mol. The average molecular weight is 313 g/mol. The molecule has 1 aromatic carbocycles. The Morgan fingerprint density at radius 2 is 1.95 bits per heavy atom. The molecule has 8 heteroatoms. The minimum absolute atomic E-state index is 0.116. The van der Waals surface area contributed by atoms with Crippen LogP contribution in [0.25, 0.3) is 0 Å². The van der Waals surface area contributed by atoms with Gasteiger partial charge in [0.2, 0.25) is 5.91 Å². The van der Waals surface area contributed by atoms with Crippen molar-refractivity contribution in [3.8, 4) is 5.75 Å². The van der Waals surface area contributed by atoms with Crippen molar-refractivity contribution in [2.24, 2.45) is 5.73 Å². The molecule has 19 heavy (non-hydrogen) atoms. The summed E-state index contributed by atoms with van der Waals surface area (Å²) in [6, 6.07) is 2.24. The van der Waals surface area contributed by atoms with Crippen LogP contribution in [-0.4, -0.2) is 18.6 Å². The lowest BCUT2D eigenvalue weighted by Crippen LogP contribution is -2.24. The quantitative estimate of drug-likeness (QED) is 0.877. The van der Waals surface area contributed by atoms with Crippen molar-refractivity contribution in [3.05, 3.63) is 22.2 Å². The topological polar surface area (TPSA) is 64.4 Å². The molecule has 0 saturated heterocycles. The van der Waals surface area contributed by atoms with Gasteiger partial charge in [-0.05, 0) is 19.1 Å². The number of rotatable bonds is 5. The van der Waals surface area contributed by atoms with Crippen molar-refractivity contribution in [2.45, 2.75) is 26.0 Å². The van der Waals surface area contributed by atoms with Gasteiger partial charge in [0.25, 0.3) is 0 Å². The van der Waals surface area contributed by atoms with Crippen molar-refractivity contribution in [1.82, 2.24) is 0 Å². The molecule has 3 N–H and O–H groups in total. The van der Waals surface area contributed by atoms with Crippen LogP contribution in [0, 0.1) is 0 Å². The Labute approximate surface area is 118 Å². The fourth-order valence-corrected chi connectivity index (χ4v) is 1.91. The molecule has 4 nitrogen and oxygen atoms in total. The molecule has 0 saturated carbocycles. The van der Waals surface area contributed by atoms with E-state index in [9.17, 15) is 13.6 Å². The summed E-state index contributed by atoms with van der Waals surface area (Å²) < 4.78 is 28.4. The van der Waals surface area contributed by atoms with E-state index in [0.717, 1.165) is 0 Å². The molecule has 0 aromatic heterocycles. The van der Waals surface area contributed by atoms with Gasteiger partial charge in [-0.25, -0.2) is 0 Å². The van der Waals surface area contributed by atoms with Crippen molar-refractivity contribution >= 4 is 34.8 Å². The maximum atomic E-state index is 12.1. The highest BCUT2D eigenvalue weighted by molar-refractivity contribution is 6.37. The zero-order chi connectivity index (χ0) is 14.6. The number of nitrogens with two attached hydrogens (primary N) is 1. The van der Waals surface area contributed by atoms with Crippen molar-refractivity contribution < 1.29 is 18.3 Å². The lowest BCUT2D eigenvalue weighted by Gasteiger charge is -2.12. The van der Waals surface area contributed by atoms with Crippen molar-refractivity contribution in [3.63, 3.8) is 0 Å². The number of alkyl halides is 2. The van der Waals surface area contributed by atoms with E-state index in [1.807, 2.05) is 0 Å². The van der Waals surface area contributed by atoms with E-state index in [1.165, 1.54) is 12.1 Å². The second-order valence-corrected chi connectivity index (χ2v) is 4.69. The fraction of sp³-hybridized carbons (Fsp3) is 0.364. The van der Waals surface area contributed by atoms with Crippen LogP contribution >= 0.6 is 23.2 Å². The fourth-order valence-electron chi connectivity index (χ4n) is 1.34. The Kier molecular flexibility index (Phi) is 5.78. The molecule has 0 aliphatic rings. The van der Waals surface area contributed by atoms with E-state index < -0.39 is 6.61 Å². The number of amides is 1. The highest BCUT2D eigenvalue weighted by Crippen LogP contribution is 2.36. The van der Waals surface area contributed by atoms with E-state index in [0.29, 0.717) is 0 Å². The smallest absolute Gasteiger partial charge is 0.387 e. The van der Waals surface area contributed by atoms with E-state index in [-0.39, 0.29) is 39.9 Å². The number of carbonyl (C=O) groups is 1. The van der Waals surface area contributed by atoms with Crippen LogP contribution in [-0.2, 0) is 4.79 Å². The molecule has 0 spiro atoms. The third-order valence-corrected chi connectivity index (χ3v) is 2.56. The number of benzene rings is 1. The first kappa shape index (κ1) is 15.9. The van der Waals surface area contributed by atoms with Gasteiger partial charge >= 0.3 is 6.61 Å². The molecule has 0 bridgehead atoms. The molecule has 0 radical (unpaired) electrons. The minimum Gasteiger partial charge on any atom is -0.432 e. The van der Waals surface area contributed by atoms with Crippen LogP contribution in [0.2, 0.25) is 10.0 Å². The standard InChI is InChI=1S/C11H12Cl2F2N2O2/c1-5(16)2-9(18)17-6-3-7(12)10(8(13)4-6)19-11(14)15/h3-5,11H,2,16H2,1H3,(H,17,18). The molecule has 0 heterocycles. The Morgan fingerprint density at radius 1 is 1.42 bits per heavy atom. The molecule has 106 valence electrons. The maximum Gasteiger partial charge on any atom is 0.387 e. The summed E-state index contributed by atoms with van der Waals surface area (Å²) in [5.74, 6) is -0.659. The van der Waals surface area contributed by atoms with Crippen molar-refractivity contribution in [1.29, 1.82) is 0 Å². The van der Waals surface area contributed by atoms with Crippen LogP contribution in [0.3, 0.4) is 0 Å². The Hall–Kier alpha value is -1.11. The van der Waals surface area contributed by atoms with Crippen LogP contribution in [0.4, 0.5) is 14.5 Å². The third-order valence-electron chi connectivity index (χ3n) is 2.00. The molecule has 0 aliphatic heterocycles. The van der Waals surface area contributed by atoms with E-state index >= 15 is 0 Å². The SMILES string of the molecule is CC(N)CC(=O)Nc1cc(Cl)c(OC(F)F)c(Cl)c1. The number of halogens is 4. The van der Waals surface area contributed by atoms with Gasteiger partial charge in [0, 0.05) is 18.2 Å². The number of hydrogen-bond acceptors (Lipinski definition) is 3. The highest BCUT2D eigenvalue weighted by atomic mass is 35.5. The lowest BCUT2D eigenvalue weighted by molar-refractivity contribution is -0.116. The molecule has 1 amide bonds. The lowest BCUT2D eigenvalue weighted by atomic mass is 10.2. The van der Waals surface area contributed by atoms with Gasteiger partial charge in [0.1, 0.15) is 0 Å². The first-order valence-electron chi connectivity index (χ1n) is 5.29. The number of anilines is 1. The third kappa shape index (κ3) is 5.18. The largest absolute Gasteiger partial charge is 0.432 e. The van der Waals surface area contributed by atoms with Gasteiger partial charge in [-0.15, -0.1) is 0 Å². The van der Waals surface area contributed by atoms with Crippen LogP contribution in [0.1, 0.15) is 13.3 Å². The van der Waals surface area contributed by atoms with E-state index in [1.54, 1.807) is 6.92 Å². The summed E-state index contributed by atoms with van der Waals surface area (Å²) in [7, 11) is 0. The Balaban J connectivity index is 2.86. The molecular formula is C11H12Cl2F2N2O2. The van der Waals surface area contributed by atoms with Gasteiger partial charge in [-0.2, -0.15) is 8.78 Å². The van der Waals surface area contributed by atoms with Gasteiger partial charge in [-0.1, -0.05) is 23.2 Å². The van der Waals surface area contributed by atoms with Gasteiger partial charge in [0.05, 0.1) is 10.0 Å².